The van der Waals surface area contributed by atoms with Crippen molar-refractivity contribution in [3.8, 4) is 0 Å². The number of rotatable bonds is 5. The van der Waals surface area contributed by atoms with E-state index in [1.807, 2.05) is 0 Å². The third-order valence-electron chi connectivity index (χ3n) is 3.01. The number of ether oxygens (including phenoxy) is 1. The van der Waals surface area contributed by atoms with Crippen LogP contribution in [0.2, 0.25) is 0 Å². The quantitative estimate of drug-likeness (QED) is 0.682. The Kier molecular flexibility index (Phi) is 6.17. The van der Waals surface area contributed by atoms with Gasteiger partial charge in [0.25, 0.3) is 0 Å². The Morgan fingerprint density at radius 2 is 2.27 bits per heavy atom. The van der Waals surface area contributed by atoms with Gasteiger partial charge in [-0.1, -0.05) is 0 Å². The van der Waals surface area contributed by atoms with Gasteiger partial charge in [0.1, 0.15) is 0 Å². The Hall–Kier alpha value is -0.160. The Bertz CT molecular complexity index is 167. The van der Waals surface area contributed by atoms with Crippen molar-refractivity contribution < 1.29 is 9.84 Å². The highest BCUT2D eigenvalue weighted by Gasteiger charge is 2.17. The van der Waals surface area contributed by atoms with Gasteiger partial charge in [0.2, 0.25) is 0 Å². The summed E-state index contributed by atoms with van der Waals surface area (Å²) >= 11 is 0. The van der Waals surface area contributed by atoms with Crippen LogP contribution in [0.15, 0.2) is 0 Å². The third-order valence-corrected chi connectivity index (χ3v) is 3.01. The minimum absolute atomic E-state index is 0.0865. The number of nitrogens with zero attached hydrogens (tertiary/aromatic N) is 1. The van der Waals surface area contributed by atoms with Gasteiger partial charge < -0.3 is 20.1 Å². The maximum atomic E-state index is 9.16. The molecule has 1 heterocycles. The van der Waals surface area contributed by atoms with Crippen LogP contribution in [0, 0.1) is 0 Å². The highest BCUT2D eigenvalue weighted by Crippen LogP contribution is 2.10. The van der Waals surface area contributed by atoms with Gasteiger partial charge in [-0.2, -0.15) is 0 Å². The van der Waals surface area contributed by atoms with Crippen LogP contribution >= 0.6 is 0 Å². The lowest BCUT2D eigenvalue weighted by Crippen LogP contribution is -2.43. The van der Waals surface area contributed by atoms with Crippen molar-refractivity contribution >= 4 is 0 Å². The van der Waals surface area contributed by atoms with Crippen LogP contribution in [0.5, 0.6) is 0 Å². The van der Waals surface area contributed by atoms with E-state index in [1.54, 1.807) is 7.11 Å². The first-order valence-electron chi connectivity index (χ1n) is 5.80. The number of nitrogens with one attached hydrogen (secondary N) is 1. The van der Waals surface area contributed by atoms with Crippen LogP contribution < -0.4 is 5.32 Å². The SMILES string of the molecule is COCC(CO)NC1CCCN(C)CC1. The summed E-state index contributed by atoms with van der Waals surface area (Å²) in [6, 6.07) is 0.616. The number of aliphatic hydroxyl groups is 1. The fourth-order valence-electron chi connectivity index (χ4n) is 2.09. The normalized spacial score (nSPS) is 26.2. The molecule has 0 saturated carbocycles. The largest absolute Gasteiger partial charge is 0.395 e. The van der Waals surface area contributed by atoms with Crippen LogP contribution in [0.25, 0.3) is 0 Å². The second-order valence-corrected chi connectivity index (χ2v) is 4.43. The molecule has 1 aliphatic rings. The Balaban J connectivity index is 2.29. The lowest BCUT2D eigenvalue weighted by Gasteiger charge is -2.23. The molecule has 0 spiro atoms. The van der Waals surface area contributed by atoms with Crippen molar-refractivity contribution in [2.24, 2.45) is 0 Å². The summed E-state index contributed by atoms with van der Waals surface area (Å²) in [7, 11) is 3.84. The molecule has 4 heteroatoms. The van der Waals surface area contributed by atoms with Crippen molar-refractivity contribution in [3.05, 3.63) is 0 Å². The van der Waals surface area contributed by atoms with Crippen molar-refractivity contribution in [1.29, 1.82) is 0 Å². The van der Waals surface area contributed by atoms with E-state index in [1.165, 1.54) is 19.4 Å². The van der Waals surface area contributed by atoms with Crippen molar-refractivity contribution in [2.45, 2.75) is 31.3 Å². The monoisotopic (exact) mass is 216 g/mol. The molecule has 1 fully saturated rings. The Morgan fingerprint density at radius 1 is 1.47 bits per heavy atom. The minimum Gasteiger partial charge on any atom is -0.395 e. The van der Waals surface area contributed by atoms with E-state index in [0.717, 1.165) is 13.0 Å². The van der Waals surface area contributed by atoms with Crippen LogP contribution in [-0.2, 0) is 4.74 Å². The second-order valence-electron chi connectivity index (χ2n) is 4.43. The van der Waals surface area contributed by atoms with Crippen molar-refractivity contribution in [2.75, 3.05) is 40.5 Å². The Morgan fingerprint density at radius 3 is 2.93 bits per heavy atom. The maximum Gasteiger partial charge on any atom is 0.0638 e. The molecule has 0 aromatic carbocycles. The fraction of sp³-hybridized carbons (Fsp3) is 1.00. The van der Waals surface area contributed by atoms with Crippen LogP contribution in [0.1, 0.15) is 19.3 Å². The van der Waals surface area contributed by atoms with Gasteiger partial charge in [-0.25, -0.2) is 0 Å². The zero-order valence-corrected chi connectivity index (χ0v) is 9.91. The molecule has 15 heavy (non-hydrogen) atoms. The van der Waals surface area contributed by atoms with E-state index >= 15 is 0 Å². The van der Waals surface area contributed by atoms with Crippen molar-refractivity contribution in [3.63, 3.8) is 0 Å². The molecule has 0 aromatic heterocycles. The first kappa shape index (κ1) is 12.9. The van der Waals surface area contributed by atoms with E-state index in [-0.39, 0.29) is 12.6 Å². The highest BCUT2D eigenvalue weighted by atomic mass is 16.5. The molecule has 0 bridgehead atoms. The molecular weight excluding hydrogens is 192 g/mol. The average Bonchev–Trinajstić information content (AvgIpc) is 2.43. The molecule has 0 radical (unpaired) electrons. The van der Waals surface area contributed by atoms with Gasteiger partial charge >= 0.3 is 0 Å². The summed E-state index contributed by atoms with van der Waals surface area (Å²) in [5.74, 6) is 0. The van der Waals surface area contributed by atoms with Gasteiger partial charge in [-0.15, -0.1) is 0 Å². The molecule has 1 aliphatic heterocycles. The number of hydrogen-bond acceptors (Lipinski definition) is 4. The van der Waals surface area contributed by atoms with Crippen LogP contribution in [0.4, 0.5) is 0 Å². The van der Waals surface area contributed by atoms with Crippen molar-refractivity contribution in [1.82, 2.24) is 10.2 Å². The van der Waals surface area contributed by atoms with Gasteiger partial charge in [-0.05, 0) is 39.4 Å². The Labute approximate surface area is 92.6 Å². The second kappa shape index (κ2) is 7.17. The van der Waals surface area contributed by atoms with Crippen LogP contribution in [0.3, 0.4) is 0 Å². The lowest BCUT2D eigenvalue weighted by atomic mass is 10.1. The molecule has 1 saturated heterocycles. The summed E-state index contributed by atoms with van der Waals surface area (Å²) in [4.78, 5) is 2.37. The number of methoxy groups -OCH3 is 1. The van der Waals surface area contributed by atoms with E-state index in [4.69, 9.17) is 9.84 Å². The summed E-state index contributed by atoms with van der Waals surface area (Å²) in [5.41, 5.74) is 0. The molecule has 2 unspecified atom stereocenters. The first-order valence-corrected chi connectivity index (χ1v) is 5.80. The molecule has 1 rings (SSSR count). The van der Waals surface area contributed by atoms with Gasteiger partial charge in [0, 0.05) is 13.2 Å². The topological polar surface area (TPSA) is 44.7 Å². The third kappa shape index (κ3) is 4.93. The first-order chi connectivity index (χ1) is 7.26. The molecule has 2 atom stereocenters. The zero-order valence-electron chi connectivity index (χ0n) is 9.91. The average molecular weight is 216 g/mol. The van der Waals surface area contributed by atoms with Gasteiger partial charge in [-0.3, -0.25) is 0 Å². The molecular formula is C11H24N2O2. The molecule has 0 aliphatic carbocycles. The number of aliphatic hydroxyl groups excluding tert-OH is 1. The molecule has 0 amide bonds. The molecule has 0 aromatic rings. The molecule has 90 valence electrons. The van der Waals surface area contributed by atoms with E-state index < -0.39 is 0 Å². The summed E-state index contributed by atoms with van der Waals surface area (Å²) in [6.45, 7) is 3.07. The lowest BCUT2D eigenvalue weighted by molar-refractivity contribution is 0.120. The number of hydrogen-bond donors (Lipinski definition) is 2. The molecule has 4 nitrogen and oxygen atoms in total. The maximum absolute atomic E-state index is 9.16. The predicted octanol–water partition coefficient (Wildman–Crippen LogP) is 0.0676. The predicted molar refractivity (Wildman–Crippen MR) is 61.0 cm³/mol. The highest BCUT2D eigenvalue weighted by molar-refractivity contribution is 4.77. The van der Waals surface area contributed by atoms with Crippen LogP contribution in [-0.4, -0.2) is 62.6 Å². The standard InChI is InChI=1S/C11H24N2O2/c1-13-6-3-4-10(5-7-13)12-11(8-14)9-15-2/h10-12,14H,3-9H2,1-2H3. The smallest absolute Gasteiger partial charge is 0.0638 e. The zero-order chi connectivity index (χ0) is 11.1. The number of likely N-dealkylation sites (tertiary alicyclic amines) is 1. The van der Waals surface area contributed by atoms with E-state index in [2.05, 4.69) is 17.3 Å². The van der Waals surface area contributed by atoms with E-state index in [0.29, 0.717) is 12.6 Å². The summed E-state index contributed by atoms with van der Waals surface area (Å²) in [5, 5.41) is 12.6. The summed E-state index contributed by atoms with van der Waals surface area (Å²) in [6.07, 6.45) is 3.60. The van der Waals surface area contributed by atoms with Gasteiger partial charge in [0.15, 0.2) is 0 Å². The minimum atomic E-state index is 0.0865. The molecule has 2 N–H and O–H groups in total. The summed E-state index contributed by atoms with van der Waals surface area (Å²) < 4.78 is 5.06. The fourth-order valence-corrected chi connectivity index (χ4v) is 2.09. The van der Waals surface area contributed by atoms with E-state index in [9.17, 15) is 0 Å². The van der Waals surface area contributed by atoms with Gasteiger partial charge in [0.05, 0.1) is 19.3 Å².